The summed E-state index contributed by atoms with van der Waals surface area (Å²) in [5.74, 6) is -0.0262. The molecule has 2 atom stereocenters. The Balaban J connectivity index is 2.04. The lowest BCUT2D eigenvalue weighted by atomic mass is 10.1. The Morgan fingerprint density at radius 3 is 3.21 bits per heavy atom. The molecule has 0 bridgehead atoms. The number of carbonyl (C=O) groups is 1. The number of aromatic nitrogens is 1. The van der Waals surface area contributed by atoms with Crippen LogP contribution in [0.15, 0.2) is 5.38 Å². The predicted octanol–water partition coefficient (Wildman–Crippen LogP) is 1.66. The Hall–Kier alpha value is -0.980. The molecular weight excluding hydrogens is 264 g/mol. The van der Waals surface area contributed by atoms with Gasteiger partial charge in [-0.25, -0.2) is 4.98 Å². The molecule has 1 fully saturated rings. The first-order chi connectivity index (χ1) is 9.11. The summed E-state index contributed by atoms with van der Waals surface area (Å²) in [5, 5.41) is 12.1. The fraction of sp³-hybridized carbons (Fsp3) is 0.692. The molecule has 106 valence electrons. The number of hydrogen-bond acceptors (Lipinski definition) is 5. The molecule has 2 heterocycles. The number of aliphatic hydroxyl groups is 1. The molecule has 1 saturated heterocycles. The van der Waals surface area contributed by atoms with Gasteiger partial charge in [-0.05, 0) is 26.2 Å². The molecule has 6 heteroatoms. The zero-order valence-electron chi connectivity index (χ0n) is 11.3. The number of methoxy groups -OCH3 is 1. The highest BCUT2D eigenvalue weighted by Crippen LogP contribution is 2.24. The fourth-order valence-corrected chi connectivity index (χ4v) is 3.23. The smallest absolute Gasteiger partial charge is 0.273 e. The maximum absolute atomic E-state index is 12.4. The number of rotatable bonds is 5. The number of ether oxygens (including phenoxy) is 1. The highest BCUT2D eigenvalue weighted by molar-refractivity contribution is 7.09. The average molecular weight is 284 g/mol. The molecule has 1 aromatic heterocycles. The van der Waals surface area contributed by atoms with E-state index in [9.17, 15) is 9.90 Å². The first-order valence-corrected chi connectivity index (χ1v) is 7.42. The van der Waals surface area contributed by atoms with Crippen LogP contribution in [0.4, 0.5) is 0 Å². The van der Waals surface area contributed by atoms with Gasteiger partial charge in [0, 0.05) is 25.1 Å². The van der Waals surface area contributed by atoms with E-state index in [-0.39, 0.29) is 18.1 Å². The van der Waals surface area contributed by atoms with Gasteiger partial charge in [0.1, 0.15) is 10.7 Å². The molecule has 0 aromatic carbocycles. The third kappa shape index (κ3) is 3.52. The van der Waals surface area contributed by atoms with Gasteiger partial charge in [-0.15, -0.1) is 11.3 Å². The number of nitrogens with zero attached hydrogens (tertiary/aromatic N) is 2. The fourth-order valence-electron chi connectivity index (χ4n) is 2.49. The van der Waals surface area contributed by atoms with E-state index in [2.05, 4.69) is 4.98 Å². The maximum Gasteiger partial charge on any atom is 0.273 e. The van der Waals surface area contributed by atoms with E-state index in [1.54, 1.807) is 19.4 Å². The molecule has 1 aromatic rings. The van der Waals surface area contributed by atoms with Gasteiger partial charge in [-0.1, -0.05) is 0 Å². The molecular formula is C13H20N2O3S. The molecule has 1 N–H and O–H groups in total. The van der Waals surface area contributed by atoms with Gasteiger partial charge in [0.25, 0.3) is 5.91 Å². The summed E-state index contributed by atoms with van der Waals surface area (Å²) in [6.07, 6.45) is 2.22. The average Bonchev–Trinajstić information content (AvgIpc) is 2.97. The standard InChI is InChI=1S/C13H20N2O3S/c1-9(16)6-10-4-3-5-15(10)13(17)11-8-19-12(14-11)7-18-2/h8-10,16H,3-7H2,1-2H3. The third-order valence-corrected chi connectivity index (χ3v) is 4.11. The summed E-state index contributed by atoms with van der Waals surface area (Å²) in [7, 11) is 1.61. The topological polar surface area (TPSA) is 62.7 Å². The minimum absolute atomic E-state index is 0.0262. The number of likely N-dealkylation sites (tertiary alicyclic amines) is 1. The van der Waals surface area contributed by atoms with Crippen molar-refractivity contribution in [2.45, 2.75) is 44.9 Å². The highest BCUT2D eigenvalue weighted by Gasteiger charge is 2.31. The van der Waals surface area contributed by atoms with E-state index >= 15 is 0 Å². The van der Waals surface area contributed by atoms with Crippen LogP contribution in [0.3, 0.4) is 0 Å². The Labute approximate surface area is 117 Å². The van der Waals surface area contributed by atoms with E-state index in [1.807, 2.05) is 4.90 Å². The number of carbonyl (C=O) groups excluding carboxylic acids is 1. The first-order valence-electron chi connectivity index (χ1n) is 6.54. The largest absolute Gasteiger partial charge is 0.393 e. The lowest BCUT2D eigenvalue weighted by Gasteiger charge is -2.24. The maximum atomic E-state index is 12.4. The first kappa shape index (κ1) is 14.4. The lowest BCUT2D eigenvalue weighted by Crippen LogP contribution is -2.37. The highest BCUT2D eigenvalue weighted by atomic mass is 32.1. The van der Waals surface area contributed by atoms with Crippen molar-refractivity contribution in [1.29, 1.82) is 0 Å². The van der Waals surface area contributed by atoms with Crippen LogP contribution in [-0.2, 0) is 11.3 Å². The molecule has 19 heavy (non-hydrogen) atoms. The van der Waals surface area contributed by atoms with Gasteiger partial charge in [0.2, 0.25) is 0 Å². The molecule has 1 amide bonds. The van der Waals surface area contributed by atoms with E-state index in [0.29, 0.717) is 18.7 Å². The van der Waals surface area contributed by atoms with E-state index in [4.69, 9.17) is 4.74 Å². The van der Waals surface area contributed by atoms with E-state index < -0.39 is 0 Å². The summed E-state index contributed by atoms with van der Waals surface area (Å²) < 4.78 is 5.01. The summed E-state index contributed by atoms with van der Waals surface area (Å²) >= 11 is 1.44. The van der Waals surface area contributed by atoms with Crippen LogP contribution in [0.2, 0.25) is 0 Å². The van der Waals surface area contributed by atoms with Crippen LogP contribution in [-0.4, -0.2) is 46.7 Å². The van der Waals surface area contributed by atoms with Crippen molar-refractivity contribution in [2.75, 3.05) is 13.7 Å². The molecule has 5 nitrogen and oxygen atoms in total. The minimum atomic E-state index is -0.377. The number of aliphatic hydroxyl groups excluding tert-OH is 1. The van der Waals surface area contributed by atoms with Crippen molar-refractivity contribution >= 4 is 17.2 Å². The molecule has 2 rings (SSSR count). The van der Waals surface area contributed by atoms with Crippen molar-refractivity contribution in [1.82, 2.24) is 9.88 Å². The molecule has 0 spiro atoms. The van der Waals surface area contributed by atoms with Gasteiger partial charge in [-0.2, -0.15) is 0 Å². The van der Waals surface area contributed by atoms with Crippen LogP contribution in [0.5, 0.6) is 0 Å². The molecule has 1 aliphatic heterocycles. The second kappa shape index (κ2) is 6.45. The minimum Gasteiger partial charge on any atom is -0.393 e. The molecule has 0 saturated carbocycles. The van der Waals surface area contributed by atoms with Gasteiger partial charge in [0.05, 0.1) is 12.7 Å². The second-order valence-corrected chi connectivity index (χ2v) is 5.88. The Morgan fingerprint density at radius 1 is 1.74 bits per heavy atom. The number of amides is 1. The van der Waals surface area contributed by atoms with Crippen LogP contribution >= 0.6 is 11.3 Å². The molecule has 0 radical (unpaired) electrons. The Bertz CT molecular complexity index is 433. The quantitative estimate of drug-likeness (QED) is 0.893. The Kier molecular flexibility index (Phi) is 4.90. The SMILES string of the molecule is COCc1nc(C(=O)N2CCCC2CC(C)O)cs1. The van der Waals surface area contributed by atoms with Crippen LogP contribution in [0.25, 0.3) is 0 Å². The molecule has 0 aliphatic carbocycles. The lowest BCUT2D eigenvalue weighted by molar-refractivity contribution is 0.0676. The van der Waals surface area contributed by atoms with Gasteiger partial charge in [-0.3, -0.25) is 4.79 Å². The zero-order valence-corrected chi connectivity index (χ0v) is 12.2. The van der Waals surface area contributed by atoms with Crippen molar-refractivity contribution in [3.8, 4) is 0 Å². The number of thiazole rings is 1. The molecule has 2 unspecified atom stereocenters. The van der Waals surface area contributed by atoms with Crippen molar-refractivity contribution in [2.24, 2.45) is 0 Å². The summed E-state index contributed by atoms with van der Waals surface area (Å²) in [5.41, 5.74) is 0.495. The van der Waals surface area contributed by atoms with Gasteiger partial charge >= 0.3 is 0 Å². The Morgan fingerprint density at radius 2 is 2.53 bits per heavy atom. The zero-order chi connectivity index (χ0) is 13.8. The predicted molar refractivity (Wildman–Crippen MR) is 73.2 cm³/mol. The summed E-state index contributed by atoms with van der Waals surface area (Å²) in [6.45, 7) is 2.96. The summed E-state index contributed by atoms with van der Waals surface area (Å²) in [4.78, 5) is 18.5. The van der Waals surface area contributed by atoms with Gasteiger partial charge in [0.15, 0.2) is 0 Å². The molecule has 1 aliphatic rings. The third-order valence-electron chi connectivity index (χ3n) is 3.29. The number of hydrogen-bond donors (Lipinski definition) is 1. The second-order valence-electron chi connectivity index (χ2n) is 4.94. The normalized spacial score (nSPS) is 20.8. The van der Waals surface area contributed by atoms with Crippen molar-refractivity contribution < 1.29 is 14.6 Å². The summed E-state index contributed by atoms with van der Waals surface area (Å²) in [6, 6.07) is 0.139. The van der Waals surface area contributed by atoms with Crippen LogP contribution in [0.1, 0.15) is 41.7 Å². The van der Waals surface area contributed by atoms with E-state index in [1.165, 1.54) is 11.3 Å². The van der Waals surface area contributed by atoms with Crippen LogP contribution < -0.4 is 0 Å². The van der Waals surface area contributed by atoms with E-state index in [0.717, 1.165) is 24.4 Å². The van der Waals surface area contributed by atoms with Crippen LogP contribution in [0, 0.1) is 0 Å². The monoisotopic (exact) mass is 284 g/mol. The van der Waals surface area contributed by atoms with Gasteiger partial charge < -0.3 is 14.7 Å². The van der Waals surface area contributed by atoms with Crippen molar-refractivity contribution in [3.63, 3.8) is 0 Å². The van der Waals surface area contributed by atoms with Crippen molar-refractivity contribution in [3.05, 3.63) is 16.1 Å².